The van der Waals surface area contributed by atoms with Gasteiger partial charge in [0.05, 0.1) is 0 Å². The van der Waals surface area contributed by atoms with E-state index in [0.29, 0.717) is 6.54 Å². The molecule has 21 heavy (non-hydrogen) atoms. The van der Waals surface area contributed by atoms with Gasteiger partial charge in [0.1, 0.15) is 11.9 Å². The topological polar surface area (TPSA) is 35.2 Å². The van der Waals surface area contributed by atoms with E-state index in [0.717, 1.165) is 15.8 Å². The summed E-state index contributed by atoms with van der Waals surface area (Å²) in [6.45, 7) is 7.05. The van der Waals surface area contributed by atoms with Crippen LogP contribution in [-0.2, 0) is 5.41 Å². The summed E-state index contributed by atoms with van der Waals surface area (Å²) in [5.41, 5.74) is 8.38. The molecule has 0 aliphatic rings. The van der Waals surface area contributed by atoms with Crippen LogP contribution in [0.2, 0.25) is 0 Å². The van der Waals surface area contributed by atoms with Gasteiger partial charge in [0.2, 0.25) is 0 Å². The van der Waals surface area contributed by atoms with E-state index >= 15 is 0 Å². The molecule has 2 aromatic rings. The minimum absolute atomic E-state index is 0.126. The van der Waals surface area contributed by atoms with Crippen molar-refractivity contribution in [3.63, 3.8) is 0 Å². The van der Waals surface area contributed by atoms with Crippen LogP contribution < -0.4 is 10.5 Å². The second-order valence-electron chi connectivity index (χ2n) is 6.17. The van der Waals surface area contributed by atoms with Crippen LogP contribution >= 0.6 is 15.9 Å². The van der Waals surface area contributed by atoms with Gasteiger partial charge in [-0.05, 0) is 40.8 Å². The number of benzene rings is 2. The molecule has 112 valence electrons. The molecule has 1 atom stereocenters. The summed E-state index contributed by atoms with van der Waals surface area (Å²) in [5, 5.41) is 0. The van der Waals surface area contributed by atoms with Crippen LogP contribution in [0.1, 0.15) is 38.0 Å². The molecule has 0 saturated carbocycles. The molecule has 0 amide bonds. The van der Waals surface area contributed by atoms with E-state index in [4.69, 9.17) is 10.5 Å². The second kappa shape index (κ2) is 6.63. The molecule has 0 spiro atoms. The van der Waals surface area contributed by atoms with Gasteiger partial charge < -0.3 is 10.5 Å². The Morgan fingerprint density at radius 3 is 2.05 bits per heavy atom. The first-order valence-electron chi connectivity index (χ1n) is 7.13. The van der Waals surface area contributed by atoms with E-state index < -0.39 is 0 Å². The fraction of sp³-hybridized carbons (Fsp3) is 0.333. The Kier molecular flexibility index (Phi) is 5.07. The van der Waals surface area contributed by atoms with E-state index in [1.807, 2.05) is 36.4 Å². The number of rotatable bonds is 4. The number of hydrogen-bond acceptors (Lipinski definition) is 2. The highest BCUT2D eigenvalue weighted by Crippen LogP contribution is 2.27. The molecule has 0 aliphatic carbocycles. The third kappa shape index (κ3) is 4.32. The van der Waals surface area contributed by atoms with Crippen LogP contribution in [0.25, 0.3) is 0 Å². The Hall–Kier alpha value is -1.32. The number of hydrogen-bond donors (Lipinski definition) is 1. The summed E-state index contributed by atoms with van der Waals surface area (Å²) in [4.78, 5) is 0. The van der Waals surface area contributed by atoms with Gasteiger partial charge in [0.15, 0.2) is 0 Å². The summed E-state index contributed by atoms with van der Waals surface area (Å²) in [6.07, 6.45) is -0.126. The molecule has 0 heterocycles. The highest BCUT2D eigenvalue weighted by molar-refractivity contribution is 9.10. The van der Waals surface area contributed by atoms with Gasteiger partial charge in [-0.25, -0.2) is 0 Å². The fourth-order valence-corrected chi connectivity index (χ4v) is 2.39. The lowest BCUT2D eigenvalue weighted by Gasteiger charge is -2.21. The van der Waals surface area contributed by atoms with Crippen LogP contribution in [0.5, 0.6) is 5.75 Å². The zero-order valence-electron chi connectivity index (χ0n) is 12.8. The fourth-order valence-electron chi connectivity index (χ4n) is 2.13. The third-order valence-electron chi connectivity index (χ3n) is 3.45. The Labute approximate surface area is 135 Å². The summed E-state index contributed by atoms with van der Waals surface area (Å²) in [6, 6.07) is 16.3. The number of ether oxygens (including phenoxy) is 1. The molecular weight excluding hydrogens is 326 g/mol. The summed E-state index contributed by atoms with van der Waals surface area (Å²) >= 11 is 3.44. The average molecular weight is 348 g/mol. The van der Waals surface area contributed by atoms with Crippen LogP contribution in [0.3, 0.4) is 0 Å². The van der Waals surface area contributed by atoms with Crippen molar-refractivity contribution in [3.05, 3.63) is 64.1 Å². The lowest BCUT2D eigenvalue weighted by molar-refractivity contribution is 0.214. The maximum Gasteiger partial charge on any atom is 0.136 e. The first-order valence-corrected chi connectivity index (χ1v) is 7.92. The molecule has 2 N–H and O–H groups in total. The third-order valence-corrected chi connectivity index (χ3v) is 3.98. The van der Waals surface area contributed by atoms with E-state index in [2.05, 4.69) is 48.8 Å². The molecule has 2 aromatic carbocycles. The smallest absolute Gasteiger partial charge is 0.136 e. The maximum atomic E-state index is 6.02. The monoisotopic (exact) mass is 347 g/mol. The average Bonchev–Trinajstić information content (AvgIpc) is 2.45. The van der Waals surface area contributed by atoms with Gasteiger partial charge in [-0.3, -0.25) is 0 Å². The number of halogens is 1. The normalized spacial score (nSPS) is 13.0. The maximum absolute atomic E-state index is 6.02. The van der Waals surface area contributed by atoms with Gasteiger partial charge >= 0.3 is 0 Å². The van der Waals surface area contributed by atoms with Gasteiger partial charge in [0, 0.05) is 11.0 Å². The first kappa shape index (κ1) is 16.1. The van der Waals surface area contributed by atoms with Crippen LogP contribution in [-0.4, -0.2) is 6.54 Å². The molecular formula is C18H22BrNO. The van der Waals surface area contributed by atoms with Crippen molar-refractivity contribution in [1.29, 1.82) is 0 Å². The number of nitrogens with two attached hydrogens (primary N) is 1. The van der Waals surface area contributed by atoms with Crippen molar-refractivity contribution < 1.29 is 4.74 Å². The molecule has 3 heteroatoms. The van der Waals surface area contributed by atoms with Crippen molar-refractivity contribution in [2.75, 3.05) is 6.54 Å². The van der Waals surface area contributed by atoms with Gasteiger partial charge in [-0.15, -0.1) is 0 Å². The quantitative estimate of drug-likeness (QED) is 0.859. The molecule has 2 nitrogen and oxygen atoms in total. The zero-order chi connectivity index (χ0) is 15.5. The molecule has 0 aromatic heterocycles. The molecule has 0 aliphatic heterocycles. The highest BCUT2D eigenvalue weighted by Gasteiger charge is 2.15. The predicted octanol–water partition coefficient (Wildman–Crippen LogP) is 4.83. The lowest BCUT2D eigenvalue weighted by Crippen LogP contribution is -2.18. The van der Waals surface area contributed by atoms with Crippen LogP contribution in [0.15, 0.2) is 53.0 Å². The molecule has 0 bridgehead atoms. The van der Waals surface area contributed by atoms with E-state index in [9.17, 15) is 0 Å². The summed E-state index contributed by atoms with van der Waals surface area (Å²) < 4.78 is 7.07. The van der Waals surface area contributed by atoms with E-state index in [-0.39, 0.29) is 11.5 Å². The second-order valence-corrected chi connectivity index (χ2v) is 7.08. The van der Waals surface area contributed by atoms with Crippen LogP contribution in [0, 0.1) is 0 Å². The van der Waals surface area contributed by atoms with Crippen molar-refractivity contribution >= 4 is 15.9 Å². The molecule has 1 unspecified atom stereocenters. The minimum Gasteiger partial charge on any atom is -0.484 e. The largest absolute Gasteiger partial charge is 0.484 e. The lowest BCUT2D eigenvalue weighted by atomic mass is 9.87. The van der Waals surface area contributed by atoms with E-state index in [1.54, 1.807) is 0 Å². The van der Waals surface area contributed by atoms with Gasteiger partial charge in [-0.2, -0.15) is 0 Å². The summed E-state index contributed by atoms with van der Waals surface area (Å²) in [5.74, 6) is 0.848. The standard InChI is InChI=1S/C18H22BrNO/c1-18(2,3)14-6-10-16(11-7-14)21-17(12-20)13-4-8-15(19)9-5-13/h4-11,17H,12,20H2,1-3H3. The predicted molar refractivity (Wildman–Crippen MR) is 91.7 cm³/mol. The zero-order valence-corrected chi connectivity index (χ0v) is 14.4. The summed E-state index contributed by atoms with van der Waals surface area (Å²) in [7, 11) is 0. The molecule has 0 fully saturated rings. The molecule has 0 saturated heterocycles. The minimum atomic E-state index is -0.126. The van der Waals surface area contributed by atoms with E-state index in [1.165, 1.54) is 5.56 Å². The molecule has 0 radical (unpaired) electrons. The SMILES string of the molecule is CC(C)(C)c1ccc(OC(CN)c2ccc(Br)cc2)cc1. The molecule has 2 rings (SSSR count). The Balaban J connectivity index is 2.13. The van der Waals surface area contributed by atoms with Crippen molar-refractivity contribution in [2.24, 2.45) is 5.73 Å². The Bertz CT molecular complexity index is 570. The van der Waals surface area contributed by atoms with Gasteiger partial charge in [-0.1, -0.05) is 61.0 Å². The van der Waals surface area contributed by atoms with Gasteiger partial charge in [0.25, 0.3) is 0 Å². The first-order chi connectivity index (χ1) is 9.90. The Morgan fingerprint density at radius 1 is 1.00 bits per heavy atom. The highest BCUT2D eigenvalue weighted by atomic mass is 79.9. The van der Waals surface area contributed by atoms with Crippen molar-refractivity contribution in [1.82, 2.24) is 0 Å². The van der Waals surface area contributed by atoms with Crippen molar-refractivity contribution in [3.8, 4) is 5.75 Å². The Morgan fingerprint density at radius 2 is 1.57 bits per heavy atom. The van der Waals surface area contributed by atoms with Crippen LogP contribution in [0.4, 0.5) is 0 Å². The van der Waals surface area contributed by atoms with Crippen molar-refractivity contribution in [2.45, 2.75) is 32.3 Å².